The maximum absolute atomic E-state index is 5.42. The molecule has 0 amide bonds. The fourth-order valence-corrected chi connectivity index (χ4v) is 0.277. The van der Waals surface area contributed by atoms with Gasteiger partial charge in [-0.25, -0.2) is 9.98 Å². The lowest BCUT2D eigenvalue weighted by Gasteiger charge is -1.94. The fraction of sp³-hybridized carbons (Fsp3) is 0.833. The van der Waals surface area contributed by atoms with Crippen molar-refractivity contribution in [3.05, 3.63) is 0 Å². The second-order valence-electron chi connectivity index (χ2n) is 1.68. The first-order valence-electron chi connectivity index (χ1n) is 3.18. The van der Waals surface area contributed by atoms with E-state index in [0.29, 0.717) is 0 Å². The lowest BCUT2D eigenvalue weighted by Crippen LogP contribution is -2.14. The van der Waals surface area contributed by atoms with Crippen molar-refractivity contribution in [2.45, 2.75) is 26.4 Å². The third-order valence-corrected chi connectivity index (χ3v) is 0.871. The molecule has 0 aliphatic carbocycles. The highest BCUT2D eigenvalue weighted by molar-refractivity contribution is 5.41. The summed E-state index contributed by atoms with van der Waals surface area (Å²) in [5.74, 6) is 0. The van der Waals surface area contributed by atoms with Crippen molar-refractivity contribution >= 4 is 6.01 Å². The van der Waals surface area contributed by atoms with Crippen LogP contribution in [-0.2, 0) is 0 Å². The molecule has 3 heteroatoms. The van der Waals surface area contributed by atoms with E-state index in [1.165, 1.54) is 0 Å². The molecule has 0 aliphatic rings. The maximum Gasteiger partial charge on any atom is 0.108 e. The Morgan fingerprint density at radius 2 is 2.22 bits per heavy atom. The Bertz CT molecular complexity index is 113. The number of nitrogens with two attached hydrogens (primary N) is 1. The predicted molar refractivity (Wildman–Crippen MR) is 38.7 cm³/mol. The molecular formula is C6H13N3. The number of aliphatic imine (C=N–C) groups is 2. The molecule has 52 valence electrons. The summed E-state index contributed by atoms with van der Waals surface area (Å²) >= 11 is 0. The molecule has 1 unspecified atom stereocenters. The average molecular weight is 127 g/mol. The number of nitrogens with zero attached hydrogens (tertiary/aromatic N) is 2. The van der Waals surface area contributed by atoms with Crippen LogP contribution < -0.4 is 5.73 Å². The van der Waals surface area contributed by atoms with Gasteiger partial charge in [-0.15, -0.1) is 0 Å². The van der Waals surface area contributed by atoms with E-state index in [1.54, 1.807) is 0 Å². The van der Waals surface area contributed by atoms with Crippen LogP contribution in [0.15, 0.2) is 9.98 Å². The van der Waals surface area contributed by atoms with Crippen molar-refractivity contribution in [2.24, 2.45) is 15.7 Å². The molecule has 2 N–H and O–H groups in total. The highest BCUT2D eigenvalue weighted by Crippen LogP contribution is 1.83. The first-order chi connectivity index (χ1) is 4.31. The van der Waals surface area contributed by atoms with Crippen molar-refractivity contribution in [3.8, 4) is 0 Å². The summed E-state index contributed by atoms with van der Waals surface area (Å²) in [5, 5.41) is 0. The Kier molecular flexibility index (Phi) is 5.07. The summed E-state index contributed by atoms with van der Waals surface area (Å²) in [6, 6.07) is 2.51. The highest BCUT2D eigenvalue weighted by atomic mass is 14.9. The molecule has 0 aromatic carbocycles. The van der Waals surface area contributed by atoms with Crippen LogP contribution >= 0.6 is 0 Å². The number of hydrogen-bond donors (Lipinski definition) is 1. The molecule has 0 saturated carbocycles. The Morgan fingerprint density at radius 3 is 2.67 bits per heavy atom. The predicted octanol–water partition coefficient (Wildman–Crippen LogP) is 0.875. The van der Waals surface area contributed by atoms with Crippen molar-refractivity contribution in [1.82, 2.24) is 0 Å². The topological polar surface area (TPSA) is 50.7 Å². The van der Waals surface area contributed by atoms with Gasteiger partial charge in [-0.2, -0.15) is 0 Å². The van der Waals surface area contributed by atoms with E-state index in [1.807, 2.05) is 13.8 Å². The lowest BCUT2D eigenvalue weighted by atomic mass is 10.4. The van der Waals surface area contributed by atoms with Crippen molar-refractivity contribution < 1.29 is 0 Å². The zero-order valence-corrected chi connectivity index (χ0v) is 5.96. The standard InChI is InChI=1S/C6H13N3/c1-3-6(7)9-5-8-4-2/h6H,3-4,7H2,1-2H3. The van der Waals surface area contributed by atoms with Crippen LogP contribution in [0.2, 0.25) is 0 Å². The fourth-order valence-electron chi connectivity index (χ4n) is 0.277. The van der Waals surface area contributed by atoms with E-state index < -0.39 is 0 Å². The summed E-state index contributed by atoms with van der Waals surface area (Å²) in [7, 11) is 0. The Labute approximate surface area is 55.7 Å². The summed E-state index contributed by atoms with van der Waals surface area (Å²) in [6.45, 7) is 4.63. The summed E-state index contributed by atoms with van der Waals surface area (Å²) in [6.07, 6.45) is 0.715. The molecule has 0 radical (unpaired) electrons. The zero-order valence-electron chi connectivity index (χ0n) is 5.96. The van der Waals surface area contributed by atoms with E-state index >= 15 is 0 Å². The molecule has 9 heavy (non-hydrogen) atoms. The van der Waals surface area contributed by atoms with E-state index in [-0.39, 0.29) is 6.17 Å². The van der Waals surface area contributed by atoms with Gasteiger partial charge >= 0.3 is 0 Å². The minimum absolute atomic E-state index is 0.125. The van der Waals surface area contributed by atoms with Gasteiger partial charge in [0.05, 0.1) is 6.01 Å². The third kappa shape index (κ3) is 5.21. The molecule has 0 spiro atoms. The number of rotatable bonds is 3. The van der Waals surface area contributed by atoms with Gasteiger partial charge in [-0.05, 0) is 13.3 Å². The molecule has 0 heterocycles. The molecular weight excluding hydrogens is 114 g/mol. The molecule has 1 atom stereocenters. The minimum Gasteiger partial charge on any atom is -0.309 e. The highest BCUT2D eigenvalue weighted by Gasteiger charge is 1.88. The normalized spacial score (nSPS) is 11.9. The van der Waals surface area contributed by atoms with Crippen LogP contribution in [0.3, 0.4) is 0 Å². The molecule has 3 nitrogen and oxygen atoms in total. The molecule has 0 saturated heterocycles. The van der Waals surface area contributed by atoms with E-state index in [4.69, 9.17) is 5.73 Å². The van der Waals surface area contributed by atoms with E-state index in [0.717, 1.165) is 13.0 Å². The van der Waals surface area contributed by atoms with Crippen LogP contribution in [0, 0.1) is 0 Å². The van der Waals surface area contributed by atoms with Gasteiger partial charge in [0.25, 0.3) is 0 Å². The third-order valence-electron chi connectivity index (χ3n) is 0.871. The van der Waals surface area contributed by atoms with Crippen molar-refractivity contribution in [3.63, 3.8) is 0 Å². The zero-order chi connectivity index (χ0) is 7.11. The smallest absolute Gasteiger partial charge is 0.108 e. The Hall–Kier alpha value is -0.660. The van der Waals surface area contributed by atoms with Crippen LogP contribution in [0.25, 0.3) is 0 Å². The molecule has 0 fully saturated rings. The maximum atomic E-state index is 5.42. The first-order valence-corrected chi connectivity index (χ1v) is 3.18. The lowest BCUT2D eigenvalue weighted by molar-refractivity contribution is 0.687. The van der Waals surface area contributed by atoms with Crippen molar-refractivity contribution in [2.75, 3.05) is 6.54 Å². The van der Waals surface area contributed by atoms with Crippen LogP contribution in [0.4, 0.5) is 0 Å². The van der Waals surface area contributed by atoms with Crippen LogP contribution in [0.1, 0.15) is 20.3 Å². The second-order valence-corrected chi connectivity index (χ2v) is 1.68. The molecule has 0 aliphatic heterocycles. The number of hydrogen-bond acceptors (Lipinski definition) is 3. The van der Waals surface area contributed by atoms with Crippen molar-refractivity contribution in [1.29, 1.82) is 0 Å². The monoisotopic (exact) mass is 127 g/mol. The molecule has 0 aromatic heterocycles. The second kappa shape index (κ2) is 5.48. The van der Waals surface area contributed by atoms with Gasteiger partial charge in [0, 0.05) is 6.54 Å². The quantitative estimate of drug-likeness (QED) is 0.562. The Morgan fingerprint density at radius 1 is 1.56 bits per heavy atom. The van der Waals surface area contributed by atoms with Gasteiger partial charge in [0.1, 0.15) is 6.17 Å². The van der Waals surface area contributed by atoms with Gasteiger partial charge in [-0.1, -0.05) is 6.92 Å². The van der Waals surface area contributed by atoms with E-state index in [9.17, 15) is 0 Å². The molecule has 0 rings (SSSR count). The van der Waals surface area contributed by atoms with Gasteiger partial charge in [0.15, 0.2) is 0 Å². The van der Waals surface area contributed by atoms with E-state index in [2.05, 4.69) is 16.0 Å². The molecule has 0 aromatic rings. The largest absolute Gasteiger partial charge is 0.309 e. The summed E-state index contributed by atoms with van der Waals surface area (Å²) in [5.41, 5.74) is 5.42. The van der Waals surface area contributed by atoms with Gasteiger partial charge in [0.2, 0.25) is 0 Å². The van der Waals surface area contributed by atoms with Gasteiger partial charge in [-0.3, -0.25) is 0 Å². The average Bonchev–Trinajstić information content (AvgIpc) is 1.89. The van der Waals surface area contributed by atoms with Crippen LogP contribution in [0.5, 0.6) is 0 Å². The van der Waals surface area contributed by atoms with Gasteiger partial charge < -0.3 is 5.73 Å². The summed E-state index contributed by atoms with van der Waals surface area (Å²) < 4.78 is 0. The van der Waals surface area contributed by atoms with Crippen LogP contribution in [-0.4, -0.2) is 18.7 Å². The first kappa shape index (κ1) is 8.34. The summed E-state index contributed by atoms with van der Waals surface area (Å²) in [4.78, 5) is 7.56. The Balaban J connectivity index is 3.55. The SMILES string of the molecule is CCN=C=NC(N)CC. The molecule has 0 bridgehead atoms. The minimum atomic E-state index is -0.125.